The van der Waals surface area contributed by atoms with Crippen LogP contribution in [0.4, 0.5) is 0 Å². The molecule has 0 amide bonds. The average molecular weight is 941 g/mol. The Labute approximate surface area is 396 Å². The molecule has 0 spiro atoms. The lowest BCUT2D eigenvalue weighted by Crippen LogP contribution is -2.60. The van der Waals surface area contributed by atoms with Crippen molar-refractivity contribution >= 4 is 22.1 Å². The number of unbranched alkanes of at least 4 members (excludes halogenated alkanes) is 3. The van der Waals surface area contributed by atoms with Crippen LogP contribution in [-0.4, -0.2) is 96.0 Å². The van der Waals surface area contributed by atoms with Gasteiger partial charge >= 0.3 is 11.9 Å². The Kier molecular flexibility index (Phi) is 37.2. The summed E-state index contributed by atoms with van der Waals surface area (Å²) in [5, 5.41) is 30.9. The van der Waals surface area contributed by atoms with Gasteiger partial charge < -0.3 is 34.3 Å². The Morgan fingerprint density at radius 1 is 0.515 bits per heavy atom. The van der Waals surface area contributed by atoms with Crippen molar-refractivity contribution in [1.82, 2.24) is 0 Å². The summed E-state index contributed by atoms with van der Waals surface area (Å²) in [7, 11) is -4.63. The lowest BCUT2D eigenvalue weighted by Gasteiger charge is -2.40. The highest BCUT2D eigenvalue weighted by atomic mass is 32.2. The van der Waals surface area contributed by atoms with Gasteiger partial charge in [0.15, 0.2) is 12.4 Å². The van der Waals surface area contributed by atoms with Gasteiger partial charge in [-0.3, -0.25) is 14.1 Å². The first-order chi connectivity index (χ1) is 32.0. The van der Waals surface area contributed by atoms with Gasteiger partial charge in [0.05, 0.1) is 6.61 Å². The maximum atomic E-state index is 12.8. The molecule has 0 aliphatic carbocycles. The number of aliphatic hydroxyl groups excluding tert-OH is 3. The number of esters is 2. The second-order valence-electron chi connectivity index (χ2n) is 15.7. The molecule has 1 heterocycles. The first kappa shape index (κ1) is 59.8. The zero-order chi connectivity index (χ0) is 48.4. The summed E-state index contributed by atoms with van der Waals surface area (Å²) in [5.74, 6) is -2.16. The van der Waals surface area contributed by atoms with Crippen molar-refractivity contribution in [3.05, 3.63) is 134 Å². The molecule has 1 fully saturated rings. The lowest BCUT2D eigenvalue weighted by molar-refractivity contribution is -0.297. The molecule has 0 saturated carbocycles. The molecule has 13 heteroatoms. The van der Waals surface area contributed by atoms with Gasteiger partial charge in [-0.15, -0.1) is 0 Å². The number of hydrogen-bond acceptors (Lipinski definition) is 11. The molecule has 0 radical (unpaired) electrons. The fraction of sp³-hybridized carbons (Fsp3) is 0.547. The predicted octanol–water partition coefficient (Wildman–Crippen LogP) is 10.3. The van der Waals surface area contributed by atoms with Crippen molar-refractivity contribution in [3.8, 4) is 0 Å². The van der Waals surface area contributed by atoms with E-state index in [1.54, 1.807) is 0 Å². The van der Waals surface area contributed by atoms with Crippen molar-refractivity contribution in [1.29, 1.82) is 0 Å². The summed E-state index contributed by atoms with van der Waals surface area (Å²) in [6.07, 6.45) is 50.7. The van der Waals surface area contributed by atoms with Crippen LogP contribution in [0.25, 0.3) is 0 Å². The number of carbonyl (C=O) groups excluding carboxylic acids is 2. The van der Waals surface area contributed by atoms with Gasteiger partial charge in [-0.25, -0.2) is 0 Å². The zero-order valence-electron chi connectivity index (χ0n) is 39.5. The van der Waals surface area contributed by atoms with Crippen LogP contribution in [0.15, 0.2) is 134 Å². The van der Waals surface area contributed by atoms with E-state index in [4.69, 9.17) is 18.9 Å². The van der Waals surface area contributed by atoms with Crippen LogP contribution < -0.4 is 0 Å². The van der Waals surface area contributed by atoms with Gasteiger partial charge in [-0.1, -0.05) is 154 Å². The van der Waals surface area contributed by atoms with Gasteiger partial charge in [0.1, 0.15) is 36.8 Å². The van der Waals surface area contributed by atoms with Crippen molar-refractivity contribution in [2.75, 3.05) is 19.0 Å². The summed E-state index contributed by atoms with van der Waals surface area (Å²) >= 11 is 0. The Balaban J connectivity index is 2.52. The van der Waals surface area contributed by atoms with Crippen molar-refractivity contribution in [2.24, 2.45) is 0 Å². The number of carbonyl (C=O) groups is 2. The van der Waals surface area contributed by atoms with Crippen LogP contribution in [0.5, 0.6) is 0 Å². The topological polar surface area (TPSA) is 186 Å². The van der Waals surface area contributed by atoms with Gasteiger partial charge in [0.2, 0.25) is 0 Å². The molecule has 66 heavy (non-hydrogen) atoms. The standard InChI is InChI=1S/C53H80O12S/c1-3-5-7-9-11-13-15-17-19-21-23-25-27-29-31-33-35-37-39-41-48(54)62-43-46(44-63-53-52(58)51(57)50(56)47(65-53)45-66(59,60)61)64-49(55)42-40-38-36-34-32-30-28-26-24-22-20-18-16-14-12-10-8-6-4-2/h5-8,11-14,17-20,23-26,29-32,36,38,46-47,50-53,56-58H,3-4,9-10,15-16,21-22,27-28,33-35,37,39-45H2,1-2H3,(H,59,60,61)/b7-5+,8-6+,13-11+,14-12+,19-17+,20-18+,25-23+,26-24+,31-29+,32-30+,38-36+/t46-,47-,50-,51?,52?,53+/m1/s1. The Morgan fingerprint density at radius 3 is 1.38 bits per heavy atom. The maximum Gasteiger partial charge on any atom is 0.306 e. The minimum absolute atomic E-state index is 0.0222. The molecule has 6 atom stereocenters. The summed E-state index contributed by atoms with van der Waals surface area (Å²) in [4.78, 5) is 25.4. The highest BCUT2D eigenvalue weighted by molar-refractivity contribution is 7.85. The molecule has 0 aromatic rings. The van der Waals surface area contributed by atoms with E-state index >= 15 is 0 Å². The molecule has 12 nitrogen and oxygen atoms in total. The van der Waals surface area contributed by atoms with Crippen molar-refractivity contribution < 1.29 is 56.8 Å². The van der Waals surface area contributed by atoms with Crippen LogP contribution in [0.3, 0.4) is 0 Å². The Hall–Kier alpha value is -4.21. The molecule has 0 bridgehead atoms. The summed E-state index contributed by atoms with van der Waals surface area (Å²) in [6, 6.07) is 0. The van der Waals surface area contributed by atoms with E-state index in [1.165, 1.54) is 0 Å². The van der Waals surface area contributed by atoms with E-state index in [0.29, 0.717) is 19.3 Å². The minimum Gasteiger partial charge on any atom is -0.462 e. The highest BCUT2D eigenvalue weighted by Crippen LogP contribution is 2.24. The van der Waals surface area contributed by atoms with Gasteiger partial charge in [0, 0.05) is 12.8 Å². The van der Waals surface area contributed by atoms with E-state index in [9.17, 15) is 37.9 Å². The first-order valence-corrected chi connectivity index (χ1v) is 25.4. The normalized spacial score (nSPS) is 20.6. The van der Waals surface area contributed by atoms with E-state index < -0.39 is 71.2 Å². The fourth-order valence-corrected chi connectivity index (χ4v) is 6.83. The smallest absolute Gasteiger partial charge is 0.306 e. The van der Waals surface area contributed by atoms with Crippen LogP contribution >= 0.6 is 0 Å². The molecular weight excluding hydrogens is 861 g/mol. The molecule has 2 unspecified atom stereocenters. The van der Waals surface area contributed by atoms with Crippen LogP contribution in [-0.2, 0) is 38.7 Å². The van der Waals surface area contributed by atoms with Crippen molar-refractivity contribution in [3.63, 3.8) is 0 Å². The molecule has 1 aliphatic rings. The maximum absolute atomic E-state index is 12.8. The third-order valence-corrected chi connectivity index (χ3v) is 10.5. The molecule has 0 aromatic carbocycles. The third-order valence-electron chi connectivity index (χ3n) is 9.74. The third kappa shape index (κ3) is 35.0. The SMILES string of the molecule is CC/C=C/C/C=C/C/C=C/C/C=C/C/C=C/C/C=C/CCC(=O)O[C@H](COC(=O)CCCCC/C=C/C/C=C/C/C=C/C/C=C/C/C=C/CC)CO[C@H]1O[C@H](CS(=O)(=O)O)[C@@H](O)C(O)C1O. The quantitative estimate of drug-likeness (QED) is 0.0200. The summed E-state index contributed by atoms with van der Waals surface area (Å²) in [6.45, 7) is 3.42. The summed E-state index contributed by atoms with van der Waals surface area (Å²) in [5.41, 5.74) is 0. The van der Waals surface area contributed by atoms with E-state index in [0.717, 1.165) is 83.5 Å². The largest absolute Gasteiger partial charge is 0.462 e. The molecule has 0 aromatic heterocycles. The number of rotatable bonds is 37. The monoisotopic (exact) mass is 941 g/mol. The zero-order valence-corrected chi connectivity index (χ0v) is 40.3. The number of hydrogen-bond donors (Lipinski definition) is 4. The second-order valence-corrected chi connectivity index (χ2v) is 17.1. The van der Waals surface area contributed by atoms with Gasteiger partial charge in [-0.2, -0.15) is 8.42 Å². The average Bonchev–Trinajstić information content (AvgIpc) is 3.28. The molecule has 370 valence electrons. The van der Waals surface area contributed by atoms with E-state index in [-0.39, 0.29) is 19.4 Å². The Bertz CT molecular complexity index is 1720. The lowest BCUT2D eigenvalue weighted by atomic mass is 10.00. The molecule has 1 aliphatic heterocycles. The molecular formula is C53H80O12S. The van der Waals surface area contributed by atoms with Crippen molar-refractivity contribution in [2.45, 2.75) is 166 Å². The number of allylic oxidation sites excluding steroid dienone is 22. The number of ether oxygens (including phenoxy) is 4. The van der Waals surface area contributed by atoms with Crippen LogP contribution in [0.2, 0.25) is 0 Å². The fourth-order valence-electron chi connectivity index (χ4n) is 6.14. The minimum atomic E-state index is -4.63. The molecule has 1 rings (SSSR count). The second kappa shape index (κ2) is 41.0. The predicted molar refractivity (Wildman–Crippen MR) is 265 cm³/mol. The number of aliphatic hydroxyl groups is 3. The highest BCUT2D eigenvalue weighted by Gasteiger charge is 2.46. The van der Waals surface area contributed by atoms with Crippen LogP contribution in [0, 0.1) is 0 Å². The van der Waals surface area contributed by atoms with E-state index in [1.807, 2.05) is 18.2 Å². The summed E-state index contributed by atoms with van der Waals surface area (Å²) < 4.78 is 54.0. The van der Waals surface area contributed by atoms with Crippen LogP contribution in [0.1, 0.15) is 129 Å². The van der Waals surface area contributed by atoms with Gasteiger partial charge in [-0.05, 0) is 96.3 Å². The van der Waals surface area contributed by atoms with Gasteiger partial charge in [0.25, 0.3) is 10.1 Å². The molecule has 1 saturated heterocycles. The Morgan fingerprint density at radius 2 is 0.939 bits per heavy atom. The first-order valence-electron chi connectivity index (χ1n) is 23.7. The van der Waals surface area contributed by atoms with E-state index in [2.05, 4.69) is 129 Å². The molecule has 4 N–H and O–H groups in total.